The Morgan fingerprint density at radius 2 is 1.81 bits per heavy atom. The average Bonchev–Trinajstić information content (AvgIpc) is 2.56. The van der Waals surface area contributed by atoms with Crippen molar-refractivity contribution in [1.82, 2.24) is 15.5 Å². The molecule has 2 N–H and O–H groups in total. The first kappa shape index (κ1) is 24.3. The number of aliphatic imine (C=N–C) groups is 1. The lowest BCUT2D eigenvalue weighted by molar-refractivity contribution is -0.153. The molecular weight excluding hydrogens is 464 g/mol. The lowest BCUT2D eigenvalue weighted by Gasteiger charge is -2.14. The number of nitrogens with zero attached hydrogens (tertiary/aromatic N) is 2. The van der Waals surface area contributed by atoms with Gasteiger partial charge in [0.2, 0.25) is 5.91 Å². The molecule has 0 aliphatic heterocycles. The van der Waals surface area contributed by atoms with E-state index >= 15 is 0 Å². The van der Waals surface area contributed by atoms with E-state index < -0.39 is 12.8 Å². The maximum atomic E-state index is 12.1. The number of ether oxygens (including phenoxy) is 1. The Balaban J connectivity index is 0.00000625. The van der Waals surface area contributed by atoms with Crippen molar-refractivity contribution >= 4 is 35.8 Å². The standard InChI is InChI=1S/C16H23F3N4O2.HI/c1-20-15(21-9-8-14(24)23(2)3)22-10-12-4-6-13(7-5-12)25-11-16(17,18)19;/h4-7H,8-11H2,1-3H3,(H2,20,21,22);1H. The molecule has 1 aromatic carbocycles. The Hall–Kier alpha value is -1.72. The number of hydrogen-bond acceptors (Lipinski definition) is 3. The van der Waals surface area contributed by atoms with E-state index in [-0.39, 0.29) is 35.6 Å². The van der Waals surface area contributed by atoms with Crippen LogP contribution in [0.4, 0.5) is 13.2 Å². The van der Waals surface area contributed by atoms with Gasteiger partial charge in [0.05, 0.1) is 0 Å². The topological polar surface area (TPSA) is 66.0 Å². The largest absolute Gasteiger partial charge is 0.484 e. The minimum Gasteiger partial charge on any atom is -0.484 e. The van der Waals surface area contributed by atoms with Crippen LogP contribution in [0, 0.1) is 0 Å². The predicted octanol–water partition coefficient (Wildman–Crippen LogP) is 2.39. The monoisotopic (exact) mass is 488 g/mol. The number of amides is 1. The second-order valence-corrected chi connectivity index (χ2v) is 5.44. The fourth-order valence-electron chi connectivity index (χ4n) is 1.79. The predicted molar refractivity (Wildman–Crippen MR) is 105 cm³/mol. The number of hydrogen-bond donors (Lipinski definition) is 2. The number of benzene rings is 1. The zero-order valence-electron chi connectivity index (χ0n) is 14.9. The average molecular weight is 488 g/mol. The first-order valence-electron chi connectivity index (χ1n) is 7.64. The van der Waals surface area contributed by atoms with E-state index in [0.29, 0.717) is 25.5 Å². The van der Waals surface area contributed by atoms with Crippen LogP contribution in [0.3, 0.4) is 0 Å². The van der Waals surface area contributed by atoms with Gasteiger partial charge in [-0.1, -0.05) is 12.1 Å². The van der Waals surface area contributed by atoms with Gasteiger partial charge in [0.1, 0.15) is 5.75 Å². The molecule has 0 heterocycles. The molecule has 0 saturated heterocycles. The van der Waals surface area contributed by atoms with Crippen molar-refractivity contribution in [2.45, 2.75) is 19.1 Å². The maximum absolute atomic E-state index is 12.1. The van der Waals surface area contributed by atoms with Gasteiger partial charge in [-0.15, -0.1) is 24.0 Å². The minimum atomic E-state index is -4.35. The summed E-state index contributed by atoms with van der Waals surface area (Å²) in [6.45, 7) is -0.436. The Bertz CT molecular complexity index is 578. The molecule has 148 valence electrons. The van der Waals surface area contributed by atoms with Gasteiger partial charge in [0, 0.05) is 40.7 Å². The molecule has 0 spiro atoms. The van der Waals surface area contributed by atoms with Crippen LogP contribution in [0.2, 0.25) is 0 Å². The lowest BCUT2D eigenvalue weighted by atomic mass is 10.2. The molecule has 0 saturated carbocycles. The third-order valence-corrected chi connectivity index (χ3v) is 3.14. The molecule has 6 nitrogen and oxygen atoms in total. The van der Waals surface area contributed by atoms with Crippen molar-refractivity contribution in [3.63, 3.8) is 0 Å². The highest BCUT2D eigenvalue weighted by Crippen LogP contribution is 2.18. The van der Waals surface area contributed by atoms with Gasteiger partial charge in [-0.05, 0) is 17.7 Å². The highest BCUT2D eigenvalue weighted by molar-refractivity contribution is 14.0. The summed E-state index contributed by atoms with van der Waals surface area (Å²) in [7, 11) is 4.99. The fraction of sp³-hybridized carbons (Fsp3) is 0.500. The molecule has 26 heavy (non-hydrogen) atoms. The van der Waals surface area contributed by atoms with Gasteiger partial charge in [0.15, 0.2) is 12.6 Å². The third-order valence-electron chi connectivity index (χ3n) is 3.14. The summed E-state index contributed by atoms with van der Waals surface area (Å²) in [6.07, 6.45) is -4.01. The zero-order chi connectivity index (χ0) is 18.9. The van der Waals surface area contributed by atoms with Crippen molar-refractivity contribution in [2.75, 3.05) is 34.3 Å². The Morgan fingerprint density at radius 3 is 2.31 bits per heavy atom. The van der Waals surface area contributed by atoms with Gasteiger partial charge in [-0.2, -0.15) is 13.2 Å². The number of guanidine groups is 1. The van der Waals surface area contributed by atoms with Gasteiger partial charge in [0.25, 0.3) is 0 Å². The van der Waals surface area contributed by atoms with Crippen LogP contribution in [0.1, 0.15) is 12.0 Å². The second-order valence-electron chi connectivity index (χ2n) is 5.44. The quantitative estimate of drug-likeness (QED) is 0.352. The van der Waals surface area contributed by atoms with E-state index in [2.05, 4.69) is 20.4 Å². The fourth-order valence-corrected chi connectivity index (χ4v) is 1.79. The molecule has 0 aliphatic rings. The zero-order valence-corrected chi connectivity index (χ0v) is 17.2. The van der Waals surface area contributed by atoms with E-state index in [1.165, 1.54) is 17.0 Å². The molecule has 0 bridgehead atoms. The maximum Gasteiger partial charge on any atom is 0.422 e. The van der Waals surface area contributed by atoms with E-state index in [4.69, 9.17) is 0 Å². The highest BCUT2D eigenvalue weighted by Gasteiger charge is 2.28. The van der Waals surface area contributed by atoms with Crippen LogP contribution in [0.25, 0.3) is 0 Å². The van der Waals surface area contributed by atoms with Crippen LogP contribution in [0.5, 0.6) is 5.75 Å². The van der Waals surface area contributed by atoms with Crippen LogP contribution in [-0.2, 0) is 11.3 Å². The first-order valence-corrected chi connectivity index (χ1v) is 7.64. The molecule has 0 atom stereocenters. The number of rotatable bonds is 7. The van der Waals surface area contributed by atoms with E-state index in [1.807, 2.05) is 0 Å². The SMILES string of the molecule is CN=C(NCCC(=O)N(C)C)NCc1ccc(OCC(F)(F)F)cc1.I. The van der Waals surface area contributed by atoms with Crippen molar-refractivity contribution in [3.8, 4) is 5.75 Å². The summed E-state index contributed by atoms with van der Waals surface area (Å²) in [4.78, 5) is 17.0. The highest BCUT2D eigenvalue weighted by atomic mass is 127. The van der Waals surface area contributed by atoms with Crippen LogP contribution < -0.4 is 15.4 Å². The number of alkyl halides is 3. The lowest BCUT2D eigenvalue weighted by Crippen LogP contribution is -2.38. The summed E-state index contributed by atoms with van der Waals surface area (Å²) in [6, 6.07) is 6.30. The van der Waals surface area contributed by atoms with Crippen LogP contribution >= 0.6 is 24.0 Å². The summed E-state index contributed by atoms with van der Waals surface area (Å²) in [5.41, 5.74) is 0.853. The molecule has 0 aromatic heterocycles. The van der Waals surface area contributed by atoms with Crippen molar-refractivity contribution in [1.29, 1.82) is 0 Å². The van der Waals surface area contributed by atoms with E-state index in [0.717, 1.165) is 5.56 Å². The molecule has 0 radical (unpaired) electrons. The third kappa shape index (κ3) is 10.3. The van der Waals surface area contributed by atoms with Crippen LogP contribution in [0.15, 0.2) is 29.3 Å². The normalized spacial score (nSPS) is 11.4. The van der Waals surface area contributed by atoms with E-state index in [9.17, 15) is 18.0 Å². The molecule has 0 unspecified atom stereocenters. The Kier molecular flexibility index (Phi) is 11.0. The minimum absolute atomic E-state index is 0. The summed E-state index contributed by atoms with van der Waals surface area (Å²) in [5.74, 6) is 0.701. The molecular formula is C16H24F3IN4O2. The molecule has 0 aliphatic carbocycles. The Morgan fingerprint density at radius 1 is 1.19 bits per heavy atom. The number of nitrogens with one attached hydrogen (secondary N) is 2. The summed E-state index contributed by atoms with van der Waals surface area (Å²) < 4.78 is 40.9. The Labute approximate surface area is 168 Å². The number of carbonyl (C=O) groups is 1. The smallest absolute Gasteiger partial charge is 0.422 e. The first-order chi connectivity index (χ1) is 11.7. The van der Waals surface area contributed by atoms with Crippen LogP contribution in [-0.4, -0.2) is 57.2 Å². The van der Waals surface area contributed by atoms with Gasteiger partial charge >= 0.3 is 6.18 Å². The molecule has 0 fully saturated rings. The van der Waals surface area contributed by atoms with Gasteiger partial charge < -0.3 is 20.3 Å². The molecule has 1 aromatic rings. The van der Waals surface area contributed by atoms with Gasteiger partial charge in [-0.25, -0.2) is 0 Å². The van der Waals surface area contributed by atoms with E-state index in [1.54, 1.807) is 33.3 Å². The van der Waals surface area contributed by atoms with Crippen molar-refractivity contribution in [2.24, 2.45) is 4.99 Å². The molecule has 1 rings (SSSR count). The van der Waals surface area contributed by atoms with Gasteiger partial charge in [-0.3, -0.25) is 9.79 Å². The summed E-state index contributed by atoms with van der Waals surface area (Å²) >= 11 is 0. The summed E-state index contributed by atoms with van der Waals surface area (Å²) in [5, 5.41) is 6.07. The van der Waals surface area contributed by atoms with Crippen molar-refractivity contribution in [3.05, 3.63) is 29.8 Å². The number of halogens is 4. The van der Waals surface area contributed by atoms with Crippen molar-refractivity contribution < 1.29 is 22.7 Å². The second kappa shape index (κ2) is 11.8. The molecule has 10 heteroatoms. The number of carbonyl (C=O) groups excluding carboxylic acids is 1. The molecule has 1 amide bonds.